The Kier molecular flexibility index (Phi) is 4.69. The van der Waals surface area contributed by atoms with Gasteiger partial charge in [0.2, 0.25) is 11.7 Å². The second-order valence-corrected chi connectivity index (χ2v) is 5.55. The summed E-state index contributed by atoms with van der Waals surface area (Å²) in [5, 5.41) is 13.2. The minimum atomic E-state index is -4.62. The van der Waals surface area contributed by atoms with Gasteiger partial charge in [-0.1, -0.05) is 6.07 Å². The largest absolute Gasteiger partial charge is 0.416 e. The van der Waals surface area contributed by atoms with Crippen LogP contribution in [0.5, 0.6) is 0 Å². The third-order valence-electron chi connectivity index (χ3n) is 3.76. The molecule has 3 aromatic rings. The fraction of sp³-hybridized carbons (Fsp3) is 0.0625. The lowest BCUT2D eigenvalue weighted by Crippen LogP contribution is -2.32. The van der Waals surface area contributed by atoms with Crippen molar-refractivity contribution in [1.29, 1.82) is 0 Å². The molecule has 5 N–H and O–H groups in total. The Morgan fingerprint density at radius 3 is 2.39 bits per heavy atom. The zero-order chi connectivity index (χ0) is 20.5. The van der Waals surface area contributed by atoms with Crippen molar-refractivity contribution in [3.05, 3.63) is 53.6 Å². The number of H-pyrrole nitrogens is 1. The fourth-order valence-electron chi connectivity index (χ4n) is 2.55. The summed E-state index contributed by atoms with van der Waals surface area (Å²) in [4.78, 5) is 24.4. The summed E-state index contributed by atoms with van der Waals surface area (Å²) in [7, 11) is 0. The van der Waals surface area contributed by atoms with Gasteiger partial charge in [0.05, 0.1) is 16.9 Å². The standard InChI is InChI=1S/C16H12F3N7O2/c17-16(18,19)9-2-1-3-10(7-9)26(15(21)28)12-5-4-8(13(20)27)6-11(12)14-22-24-25-23-14/h1-7H,(H2,20,27)(H2,21,28)(H,22,23,24,25). The maximum Gasteiger partial charge on any atom is 0.416 e. The first kappa shape index (κ1) is 18.8. The lowest BCUT2D eigenvalue weighted by Gasteiger charge is -2.24. The van der Waals surface area contributed by atoms with Crippen LogP contribution in [0.3, 0.4) is 0 Å². The molecule has 0 atom stereocenters. The minimum Gasteiger partial charge on any atom is -0.366 e. The van der Waals surface area contributed by atoms with Crippen molar-refractivity contribution in [3.63, 3.8) is 0 Å². The van der Waals surface area contributed by atoms with Crippen LogP contribution in [0.2, 0.25) is 0 Å². The average Bonchev–Trinajstić information content (AvgIpc) is 3.16. The van der Waals surface area contributed by atoms with Gasteiger partial charge in [-0.05, 0) is 41.6 Å². The van der Waals surface area contributed by atoms with Crippen LogP contribution in [0.1, 0.15) is 15.9 Å². The summed E-state index contributed by atoms with van der Waals surface area (Å²) >= 11 is 0. The number of tetrazole rings is 1. The number of nitrogens with one attached hydrogen (secondary N) is 1. The molecule has 1 aromatic heterocycles. The maximum absolute atomic E-state index is 13.1. The topological polar surface area (TPSA) is 144 Å². The van der Waals surface area contributed by atoms with E-state index >= 15 is 0 Å². The molecule has 28 heavy (non-hydrogen) atoms. The quantitative estimate of drug-likeness (QED) is 0.624. The van der Waals surface area contributed by atoms with E-state index in [-0.39, 0.29) is 28.3 Å². The van der Waals surface area contributed by atoms with Gasteiger partial charge in [0.25, 0.3) is 0 Å². The number of amides is 3. The van der Waals surface area contributed by atoms with Gasteiger partial charge in [-0.15, -0.1) is 10.2 Å². The minimum absolute atomic E-state index is 0.0173. The summed E-state index contributed by atoms with van der Waals surface area (Å²) in [6, 6.07) is 6.87. The molecular formula is C16H12F3N7O2. The number of hydrogen-bond donors (Lipinski definition) is 3. The molecule has 0 saturated carbocycles. The maximum atomic E-state index is 13.1. The number of carbonyl (C=O) groups excluding carboxylic acids is 2. The van der Waals surface area contributed by atoms with Crippen molar-refractivity contribution in [2.45, 2.75) is 6.18 Å². The van der Waals surface area contributed by atoms with Crippen molar-refractivity contribution in [2.24, 2.45) is 11.5 Å². The Labute approximate surface area is 155 Å². The molecule has 0 saturated heterocycles. The number of nitrogens with zero attached hydrogens (tertiary/aromatic N) is 4. The van der Waals surface area contributed by atoms with E-state index in [0.717, 1.165) is 23.1 Å². The lowest BCUT2D eigenvalue weighted by atomic mass is 10.1. The highest BCUT2D eigenvalue weighted by Crippen LogP contribution is 2.37. The molecule has 3 amide bonds. The number of aromatic nitrogens is 4. The molecule has 0 aliphatic rings. The molecule has 0 fully saturated rings. The molecule has 2 aromatic carbocycles. The van der Waals surface area contributed by atoms with Gasteiger partial charge in [0.15, 0.2) is 0 Å². The second kappa shape index (κ2) is 6.98. The van der Waals surface area contributed by atoms with Gasteiger partial charge in [-0.3, -0.25) is 9.69 Å². The van der Waals surface area contributed by atoms with E-state index in [4.69, 9.17) is 11.5 Å². The monoisotopic (exact) mass is 391 g/mol. The number of primary amides is 2. The second-order valence-electron chi connectivity index (χ2n) is 5.55. The van der Waals surface area contributed by atoms with Gasteiger partial charge < -0.3 is 11.5 Å². The molecule has 0 unspecified atom stereocenters. The van der Waals surface area contributed by atoms with E-state index in [9.17, 15) is 22.8 Å². The number of rotatable bonds is 4. The molecule has 0 radical (unpaired) electrons. The Morgan fingerprint density at radius 2 is 1.82 bits per heavy atom. The molecule has 0 aliphatic carbocycles. The molecule has 9 nitrogen and oxygen atoms in total. The first-order valence-corrected chi connectivity index (χ1v) is 7.63. The Balaban J connectivity index is 2.21. The van der Waals surface area contributed by atoms with Crippen LogP contribution in [-0.4, -0.2) is 32.6 Å². The van der Waals surface area contributed by atoms with Crippen LogP contribution in [0.15, 0.2) is 42.5 Å². The third-order valence-corrected chi connectivity index (χ3v) is 3.76. The molecule has 0 aliphatic heterocycles. The van der Waals surface area contributed by atoms with E-state index in [1.807, 2.05) is 0 Å². The van der Waals surface area contributed by atoms with Gasteiger partial charge in [0, 0.05) is 11.1 Å². The molecule has 0 bridgehead atoms. The number of hydrogen-bond acceptors (Lipinski definition) is 5. The van der Waals surface area contributed by atoms with Crippen LogP contribution in [0, 0.1) is 0 Å². The van der Waals surface area contributed by atoms with Crippen molar-refractivity contribution < 1.29 is 22.8 Å². The SMILES string of the molecule is NC(=O)c1ccc(N(C(N)=O)c2cccc(C(F)(F)F)c2)c(-c2nn[nH]n2)c1. The number of carbonyl (C=O) groups is 2. The Bertz CT molecular complexity index is 1030. The third kappa shape index (κ3) is 3.60. The first-order chi connectivity index (χ1) is 13.2. The van der Waals surface area contributed by atoms with Gasteiger partial charge >= 0.3 is 12.2 Å². The van der Waals surface area contributed by atoms with Crippen LogP contribution < -0.4 is 16.4 Å². The average molecular weight is 391 g/mol. The van der Waals surface area contributed by atoms with E-state index in [0.29, 0.717) is 0 Å². The van der Waals surface area contributed by atoms with E-state index in [1.165, 1.54) is 24.3 Å². The molecule has 0 spiro atoms. The summed E-state index contributed by atoms with van der Waals surface area (Å²) < 4.78 is 39.2. The van der Waals surface area contributed by atoms with Gasteiger partial charge in [-0.25, -0.2) is 4.79 Å². The summed E-state index contributed by atoms with van der Waals surface area (Å²) in [5.74, 6) is -0.780. The van der Waals surface area contributed by atoms with Crippen LogP contribution in [0.25, 0.3) is 11.4 Å². The van der Waals surface area contributed by atoms with Crippen LogP contribution in [-0.2, 0) is 6.18 Å². The normalized spacial score (nSPS) is 11.2. The van der Waals surface area contributed by atoms with E-state index < -0.39 is 23.7 Å². The number of nitrogens with two attached hydrogens (primary N) is 2. The molecular weight excluding hydrogens is 379 g/mol. The first-order valence-electron chi connectivity index (χ1n) is 7.63. The number of anilines is 2. The van der Waals surface area contributed by atoms with Crippen LogP contribution >= 0.6 is 0 Å². The van der Waals surface area contributed by atoms with Crippen molar-refractivity contribution >= 4 is 23.3 Å². The van der Waals surface area contributed by atoms with Gasteiger partial charge in [0.1, 0.15) is 0 Å². The number of aromatic amines is 1. The summed E-state index contributed by atoms with van der Waals surface area (Å²) in [6.45, 7) is 0. The Morgan fingerprint density at radius 1 is 1.07 bits per heavy atom. The fourth-order valence-corrected chi connectivity index (χ4v) is 2.55. The highest BCUT2D eigenvalue weighted by atomic mass is 19.4. The van der Waals surface area contributed by atoms with Crippen molar-refractivity contribution in [3.8, 4) is 11.4 Å². The number of alkyl halides is 3. The molecule has 144 valence electrons. The number of urea groups is 1. The lowest BCUT2D eigenvalue weighted by molar-refractivity contribution is -0.137. The number of halogens is 3. The Hall–Kier alpha value is -3.96. The van der Waals surface area contributed by atoms with Crippen molar-refractivity contribution in [2.75, 3.05) is 4.90 Å². The summed E-state index contributed by atoms with van der Waals surface area (Å²) in [6.07, 6.45) is -4.62. The van der Waals surface area contributed by atoms with Crippen molar-refractivity contribution in [1.82, 2.24) is 20.6 Å². The number of benzene rings is 2. The van der Waals surface area contributed by atoms with E-state index in [1.54, 1.807) is 0 Å². The molecule has 3 rings (SSSR count). The summed E-state index contributed by atoms with van der Waals surface area (Å²) in [5.41, 5.74) is 9.81. The predicted octanol–water partition coefficient (Wildman–Crippen LogP) is 2.20. The highest BCUT2D eigenvalue weighted by Gasteiger charge is 2.32. The zero-order valence-corrected chi connectivity index (χ0v) is 13.9. The van der Waals surface area contributed by atoms with Gasteiger partial charge in [-0.2, -0.15) is 18.4 Å². The van der Waals surface area contributed by atoms with Crippen LogP contribution in [0.4, 0.5) is 29.3 Å². The molecule has 1 heterocycles. The van der Waals surface area contributed by atoms with E-state index in [2.05, 4.69) is 20.6 Å². The smallest absolute Gasteiger partial charge is 0.366 e. The molecule has 12 heteroatoms. The zero-order valence-electron chi connectivity index (χ0n) is 13.9. The highest BCUT2D eigenvalue weighted by molar-refractivity contribution is 6.03. The predicted molar refractivity (Wildman–Crippen MR) is 91.3 cm³/mol.